The summed E-state index contributed by atoms with van der Waals surface area (Å²) in [6.45, 7) is 3.32. The Morgan fingerprint density at radius 2 is 2.33 bits per heavy atom. The Labute approximate surface area is 143 Å². The monoisotopic (exact) mass is 353 g/mol. The molecule has 1 aliphatic rings. The van der Waals surface area contributed by atoms with Crippen LogP contribution in [-0.2, 0) is 11.3 Å². The van der Waals surface area contributed by atoms with Crippen molar-refractivity contribution in [2.45, 2.75) is 19.6 Å². The lowest BCUT2D eigenvalue weighted by Crippen LogP contribution is -2.46. The van der Waals surface area contributed by atoms with Crippen LogP contribution in [0.1, 0.15) is 23.1 Å². The number of halogens is 2. The molecule has 0 spiro atoms. The molecule has 1 N–H and O–H groups in total. The maximum atomic E-state index is 13.3. The molecule has 0 radical (unpaired) electrons. The van der Waals surface area contributed by atoms with Gasteiger partial charge in [-0.2, -0.15) is 0 Å². The molecular formula is C16H17ClFN3O3. The second-order valence-corrected chi connectivity index (χ2v) is 5.98. The predicted octanol–water partition coefficient (Wildman–Crippen LogP) is 3.06. The Balaban J connectivity index is 1.60. The van der Waals surface area contributed by atoms with E-state index in [2.05, 4.69) is 10.5 Å². The van der Waals surface area contributed by atoms with E-state index < -0.39 is 5.82 Å². The van der Waals surface area contributed by atoms with Gasteiger partial charge in [0.15, 0.2) is 5.76 Å². The Kier molecular flexibility index (Phi) is 5.01. The van der Waals surface area contributed by atoms with Crippen LogP contribution in [0.4, 0.5) is 9.18 Å². The zero-order chi connectivity index (χ0) is 17.1. The van der Waals surface area contributed by atoms with Crippen LogP contribution in [-0.4, -0.2) is 35.8 Å². The third-order valence-corrected chi connectivity index (χ3v) is 4.05. The number of amides is 2. The Hall–Kier alpha value is -2.12. The third-order valence-electron chi connectivity index (χ3n) is 3.76. The van der Waals surface area contributed by atoms with Gasteiger partial charge in [0.25, 0.3) is 0 Å². The predicted molar refractivity (Wildman–Crippen MR) is 85.2 cm³/mol. The molecule has 1 saturated heterocycles. The Morgan fingerprint density at radius 3 is 3.04 bits per heavy atom. The number of rotatable bonds is 3. The van der Waals surface area contributed by atoms with E-state index in [1.807, 2.05) is 6.92 Å². The van der Waals surface area contributed by atoms with Gasteiger partial charge >= 0.3 is 6.03 Å². The molecule has 1 fully saturated rings. The van der Waals surface area contributed by atoms with Crippen LogP contribution < -0.4 is 5.32 Å². The number of hydrogen-bond donors (Lipinski definition) is 1. The van der Waals surface area contributed by atoms with Gasteiger partial charge in [-0.3, -0.25) is 0 Å². The molecule has 3 rings (SSSR count). The van der Waals surface area contributed by atoms with E-state index in [4.69, 9.17) is 20.9 Å². The average molecular weight is 354 g/mol. The number of aryl methyl sites for hydroxylation is 1. The van der Waals surface area contributed by atoms with Gasteiger partial charge in [0.05, 0.1) is 30.4 Å². The van der Waals surface area contributed by atoms with E-state index in [1.54, 1.807) is 17.0 Å². The fourth-order valence-electron chi connectivity index (χ4n) is 2.52. The summed E-state index contributed by atoms with van der Waals surface area (Å²) in [6.07, 6.45) is -0.338. The fourth-order valence-corrected chi connectivity index (χ4v) is 2.71. The van der Waals surface area contributed by atoms with Gasteiger partial charge in [-0.25, -0.2) is 9.18 Å². The number of nitrogens with zero attached hydrogens (tertiary/aromatic N) is 2. The molecule has 1 aliphatic heterocycles. The molecule has 1 aromatic heterocycles. The van der Waals surface area contributed by atoms with Gasteiger partial charge in [0, 0.05) is 12.6 Å². The van der Waals surface area contributed by atoms with Crippen molar-refractivity contribution in [1.29, 1.82) is 0 Å². The van der Waals surface area contributed by atoms with Crippen LogP contribution in [0.15, 0.2) is 28.8 Å². The molecule has 2 aromatic rings. The van der Waals surface area contributed by atoms with E-state index in [0.29, 0.717) is 25.5 Å². The number of benzene rings is 1. The highest BCUT2D eigenvalue weighted by Gasteiger charge is 2.26. The van der Waals surface area contributed by atoms with E-state index in [-0.39, 0.29) is 23.7 Å². The van der Waals surface area contributed by atoms with Gasteiger partial charge in [-0.05, 0) is 24.6 Å². The molecule has 2 heterocycles. The first-order chi connectivity index (χ1) is 11.5. The molecule has 128 valence electrons. The standard InChI is InChI=1S/C16H17ClFN3O3/c1-10-6-12(24-20-10)8-19-16(22)21-4-5-23-15(9-21)11-2-3-14(18)13(17)7-11/h2-3,6-7,15H,4-5,8-9H2,1H3,(H,19,22). The maximum absolute atomic E-state index is 13.3. The number of carbonyl (C=O) groups excluding carboxylic acids is 1. The van der Waals surface area contributed by atoms with Gasteiger partial charge in [0.2, 0.25) is 0 Å². The van der Waals surface area contributed by atoms with Crippen LogP contribution in [0.2, 0.25) is 5.02 Å². The lowest BCUT2D eigenvalue weighted by atomic mass is 10.1. The highest BCUT2D eigenvalue weighted by molar-refractivity contribution is 6.30. The highest BCUT2D eigenvalue weighted by atomic mass is 35.5. The minimum absolute atomic E-state index is 0.0402. The number of urea groups is 1. The van der Waals surface area contributed by atoms with E-state index in [1.165, 1.54) is 12.1 Å². The molecule has 6 nitrogen and oxygen atoms in total. The van der Waals surface area contributed by atoms with Gasteiger partial charge < -0.3 is 19.5 Å². The summed E-state index contributed by atoms with van der Waals surface area (Å²) >= 11 is 5.81. The van der Waals surface area contributed by atoms with Crippen LogP contribution in [0.25, 0.3) is 0 Å². The molecule has 8 heteroatoms. The van der Waals surface area contributed by atoms with Gasteiger partial charge in [0.1, 0.15) is 11.9 Å². The van der Waals surface area contributed by atoms with E-state index in [9.17, 15) is 9.18 Å². The smallest absolute Gasteiger partial charge is 0.317 e. The first kappa shape index (κ1) is 16.7. The number of morpholine rings is 1. The summed E-state index contributed by atoms with van der Waals surface area (Å²) in [5, 5.41) is 6.60. The Bertz CT molecular complexity index is 737. The average Bonchev–Trinajstić information content (AvgIpc) is 3.00. The normalized spacial score (nSPS) is 17.8. The number of aromatic nitrogens is 1. The number of hydrogen-bond acceptors (Lipinski definition) is 4. The topological polar surface area (TPSA) is 67.6 Å². The van der Waals surface area contributed by atoms with Crippen molar-refractivity contribution >= 4 is 17.6 Å². The number of nitrogens with one attached hydrogen (secondary N) is 1. The van der Waals surface area contributed by atoms with Crippen molar-refractivity contribution in [3.8, 4) is 0 Å². The molecular weight excluding hydrogens is 337 g/mol. The lowest BCUT2D eigenvalue weighted by molar-refractivity contribution is -0.0155. The highest BCUT2D eigenvalue weighted by Crippen LogP contribution is 2.26. The van der Waals surface area contributed by atoms with Crippen molar-refractivity contribution in [3.63, 3.8) is 0 Å². The summed E-state index contributed by atoms with van der Waals surface area (Å²) in [7, 11) is 0. The van der Waals surface area contributed by atoms with Crippen LogP contribution in [0.5, 0.6) is 0 Å². The van der Waals surface area contributed by atoms with Crippen molar-refractivity contribution in [2.75, 3.05) is 19.7 Å². The zero-order valence-corrected chi connectivity index (χ0v) is 13.8. The van der Waals surface area contributed by atoms with Crippen molar-refractivity contribution in [3.05, 3.63) is 52.1 Å². The second kappa shape index (κ2) is 7.19. The Morgan fingerprint density at radius 1 is 1.50 bits per heavy atom. The van der Waals surface area contributed by atoms with E-state index >= 15 is 0 Å². The molecule has 0 aliphatic carbocycles. The number of ether oxygens (including phenoxy) is 1. The summed E-state index contributed by atoms with van der Waals surface area (Å²) in [5.74, 6) is 0.115. The summed E-state index contributed by atoms with van der Waals surface area (Å²) in [6, 6.07) is 5.99. The molecule has 24 heavy (non-hydrogen) atoms. The third kappa shape index (κ3) is 3.85. The van der Waals surface area contributed by atoms with Gasteiger partial charge in [-0.1, -0.05) is 22.8 Å². The first-order valence-corrected chi connectivity index (χ1v) is 7.92. The summed E-state index contributed by atoms with van der Waals surface area (Å²) in [4.78, 5) is 13.9. The van der Waals surface area contributed by atoms with Crippen molar-refractivity contribution in [2.24, 2.45) is 0 Å². The fraction of sp³-hybridized carbons (Fsp3) is 0.375. The quantitative estimate of drug-likeness (QED) is 0.920. The van der Waals surface area contributed by atoms with Gasteiger partial charge in [-0.15, -0.1) is 0 Å². The first-order valence-electron chi connectivity index (χ1n) is 7.54. The number of carbonyl (C=O) groups is 1. The minimum atomic E-state index is -0.479. The molecule has 1 aromatic carbocycles. The zero-order valence-electron chi connectivity index (χ0n) is 13.1. The SMILES string of the molecule is Cc1cc(CNC(=O)N2CCOC(c3ccc(F)c(Cl)c3)C2)on1. The maximum Gasteiger partial charge on any atom is 0.317 e. The largest absolute Gasteiger partial charge is 0.370 e. The molecule has 1 unspecified atom stereocenters. The molecule has 0 bridgehead atoms. The van der Waals surface area contributed by atoms with Crippen molar-refractivity contribution in [1.82, 2.24) is 15.4 Å². The molecule has 0 saturated carbocycles. The lowest BCUT2D eigenvalue weighted by Gasteiger charge is -2.33. The van der Waals surface area contributed by atoms with Crippen LogP contribution >= 0.6 is 11.6 Å². The molecule has 1 atom stereocenters. The molecule has 2 amide bonds. The van der Waals surface area contributed by atoms with E-state index in [0.717, 1.165) is 11.3 Å². The van der Waals surface area contributed by atoms with Crippen LogP contribution in [0.3, 0.4) is 0 Å². The minimum Gasteiger partial charge on any atom is -0.370 e. The second-order valence-electron chi connectivity index (χ2n) is 5.57. The summed E-state index contributed by atoms with van der Waals surface area (Å²) < 4.78 is 24.0. The summed E-state index contributed by atoms with van der Waals surface area (Å²) in [5.41, 5.74) is 1.50. The van der Waals surface area contributed by atoms with Crippen LogP contribution in [0, 0.1) is 12.7 Å². The van der Waals surface area contributed by atoms with Crippen molar-refractivity contribution < 1.29 is 18.4 Å².